The molecule has 0 aliphatic carbocycles. The minimum Gasteiger partial charge on any atom is -0.493 e. The quantitative estimate of drug-likeness (QED) is 0.897. The predicted octanol–water partition coefficient (Wildman–Crippen LogP) is 2.05. The average molecular weight is 260 g/mol. The number of hydrogen-bond donors (Lipinski definition) is 1. The number of ether oxygens (including phenoxy) is 1. The van der Waals surface area contributed by atoms with E-state index in [-0.39, 0.29) is 0 Å². The summed E-state index contributed by atoms with van der Waals surface area (Å²) >= 11 is 0. The molecule has 1 fully saturated rings. The van der Waals surface area contributed by atoms with E-state index < -0.39 is 0 Å². The monoisotopic (exact) mass is 260 g/mol. The zero-order valence-corrected chi connectivity index (χ0v) is 11.8. The second-order valence-electron chi connectivity index (χ2n) is 5.68. The lowest BCUT2D eigenvalue weighted by Crippen LogP contribution is -2.25. The van der Waals surface area contributed by atoms with Gasteiger partial charge in [-0.2, -0.15) is 0 Å². The maximum Gasteiger partial charge on any atom is 0.124 e. The van der Waals surface area contributed by atoms with E-state index in [1.54, 1.807) is 0 Å². The minimum absolute atomic E-state index is 0.701. The number of likely N-dealkylation sites (tertiary alicyclic amines) is 1. The largest absolute Gasteiger partial charge is 0.493 e. The Bertz CT molecular complexity index is 433. The van der Waals surface area contributed by atoms with Crippen molar-refractivity contribution in [2.75, 3.05) is 32.8 Å². The Balaban J connectivity index is 1.61. The number of fused-ring (bicyclic) bond motifs is 1. The third-order valence-corrected chi connectivity index (χ3v) is 4.39. The fraction of sp³-hybridized carbons (Fsp3) is 0.625. The molecule has 3 heteroatoms. The summed E-state index contributed by atoms with van der Waals surface area (Å²) in [6, 6.07) is 6.49. The Morgan fingerprint density at radius 1 is 1.42 bits per heavy atom. The molecule has 104 valence electrons. The molecule has 19 heavy (non-hydrogen) atoms. The standard InChI is InChI=1S/C16H24N2O/c1-2-18-9-7-13(11-18)12-19-16-5-3-4-14-6-8-17-10-15(14)16/h3-5,13,17H,2,6-12H2,1H3. The molecule has 1 aromatic rings. The van der Waals surface area contributed by atoms with Crippen LogP contribution < -0.4 is 10.1 Å². The van der Waals surface area contributed by atoms with Gasteiger partial charge in [0.25, 0.3) is 0 Å². The summed E-state index contributed by atoms with van der Waals surface area (Å²) in [5.74, 6) is 1.80. The van der Waals surface area contributed by atoms with Crippen molar-refractivity contribution in [2.45, 2.75) is 26.3 Å². The highest BCUT2D eigenvalue weighted by Gasteiger charge is 2.22. The number of benzene rings is 1. The fourth-order valence-electron chi connectivity index (χ4n) is 3.16. The highest BCUT2D eigenvalue weighted by atomic mass is 16.5. The maximum absolute atomic E-state index is 6.11. The molecule has 0 spiro atoms. The van der Waals surface area contributed by atoms with Gasteiger partial charge in [-0.15, -0.1) is 0 Å². The van der Waals surface area contributed by atoms with Crippen molar-refractivity contribution in [3.05, 3.63) is 29.3 Å². The lowest BCUT2D eigenvalue weighted by molar-refractivity contribution is 0.240. The summed E-state index contributed by atoms with van der Waals surface area (Å²) in [5.41, 5.74) is 2.83. The molecule has 2 aliphatic heterocycles. The van der Waals surface area contributed by atoms with Crippen LogP contribution in [-0.4, -0.2) is 37.7 Å². The van der Waals surface area contributed by atoms with E-state index in [4.69, 9.17) is 4.74 Å². The average Bonchev–Trinajstić information content (AvgIpc) is 2.93. The van der Waals surface area contributed by atoms with E-state index in [2.05, 4.69) is 35.3 Å². The van der Waals surface area contributed by atoms with Crippen molar-refractivity contribution < 1.29 is 4.74 Å². The molecule has 1 saturated heterocycles. The molecule has 2 aliphatic rings. The zero-order valence-electron chi connectivity index (χ0n) is 11.8. The molecule has 0 aromatic heterocycles. The van der Waals surface area contributed by atoms with Crippen LogP contribution in [0.2, 0.25) is 0 Å². The molecular formula is C16H24N2O. The Morgan fingerprint density at radius 3 is 3.21 bits per heavy atom. The Labute approximate surface area is 115 Å². The fourth-order valence-corrected chi connectivity index (χ4v) is 3.16. The van der Waals surface area contributed by atoms with Crippen molar-refractivity contribution >= 4 is 0 Å². The van der Waals surface area contributed by atoms with E-state index in [1.165, 1.54) is 37.2 Å². The second-order valence-corrected chi connectivity index (χ2v) is 5.68. The molecule has 1 aromatic carbocycles. The summed E-state index contributed by atoms with van der Waals surface area (Å²) in [6.45, 7) is 8.75. The van der Waals surface area contributed by atoms with Gasteiger partial charge in [0.2, 0.25) is 0 Å². The lowest BCUT2D eigenvalue weighted by Gasteiger charge is -2.21. The molecule has 0 bridgehead atoms. The van der Waals surface area contributed by atoms with Gasteiger partial charge < -0.3 is 15.0 Å². The molecule has 1 unspecified atom stereocenters. The van der Waals surface area contributed by atoms with Crippen LogP contribution in [0.5, 0.6) is 5.75 Å². The normalized spacial score (nSPS) is 23.3. The van der Waals surface area contributed by atoms with Crippen LogP contribution in [-0.2, 0) is 13.0 Å². The van der Waals surface area contributed by atoms with Gasteiger partial charge in [-0.05, 0) is 44.1 Å². The molecule has 3 nitrogen and oxygen atoms in total. The van der Waals surface area contributed by atoms with E-state index in [0.29, 0.717) is 5.92 Å². The minimum atomic E-state index is 0.701. The van der Waals surface area contributed by atoms with Crippen LogP contribution in [0.4, 0.5) is 0 Å². The van der Waals surface area contributed by atoms with Gasteiger partial charge in [0, 0.05) is 24.6 Å². The van der Waals surface area contributed by atoms with Gasteiger partial charge in [-0.25, -0.2) is 0 Å². The summed E-state index contributed by atoms with van der Waals surface area (Å²) in [6.07, 6.45) is 2.40. The van der Waals surface area contributed by atoms with Crippen LogP contribution in [0, 0.1) is 5.92 Å². The molecule has 2 heterocycles. The highest BCUT2D eigenvalue weighted by molar-refractivity contribution is 5.41. The van der Waals surface area contributed by atoms with Crippen LogP contribution >= 0.6 is 0 Å². The van der Waals surface area contributed by atoms with E-state index in [0.717, 1.165) is 31.9 Å². The maximum atomic E-state index is 6.11. The number of nitrogens with zero attached hydrogens (tertiary/aromatic N) is 1. The van der Waals surface area contributed by atoms with Gasteiger partial charge in [0.1, 0.15) is 5.75 Å². The first-order valence-electron chi connectivity index (χ1n) is 7.53. The van der Waals surface area contributed by atoms with Crippen molar-refractivity contribution in [2.24, 2.45) is 5.92 Å². The van der Waals surface area contributed by atoms with Crippen LogP contribution in [0.15, 0.2) is 18.2 Å². The van der Waals surface area contributed by atoms with E-state index >= 15 is 0 Å². The van der Waals surface area contributed by atoms with E-state index in [1.807, 2.05) is 0 Å². The third-order valence-electron chi connectivity index (χ3n) is 4.39. The van der Waals surface area contributed by atoms with Gasteiger partial charge in [-0.1, -0.05) is 19.1 Å². The van der Waals surface area contributed by atoms with Crippen molar-refractivity contribution in [1.29, 1.82) is 0 Å². The molecular weight excluding hydrogens is 236 g/mol. The van der Waals surface area contributed by atoms with Crippen LogP contribution in [0.3, 0.4) is 0 Å². The molecule has 0 amide bonds. The lowest BCUT2D eigenvalue weighted by atomic mass is 10.0. The van der Waals surface area contributed by atoms with Gasteiger partial charge >= 0.3 is 0 Å². The van der Waals surface area contributed by atoms with Gasteiger partial charge in [0.05, 0.1) is 6.61 Å². The molecule has 0 saturated carbocycles. The summed E-state index contributed by atoms with van der Waals surface area (Å²) in [5, 5.41) is 3.44. The number of hydrogen-bond acceptors (Lipinski definition) is 3. The first kappa shape index (κ1) is 12.9. The summed E-state index contributed by atoms with van der Waals surface area (Å²) in [7, 11) is 0. The molecule has 3 rings (SSSR count). The number of rotatable bonds is 4. The van der Waals surface area contributed by atoms with E-state index in [9.17, 15) is 0 Å². The third kappa shape index (κ3) is 2.93. The Morgan fingerprint density at radius 2 is 2.37 bits per heavy atom. The van der Waals surface area contributed by atoms with Crippen molar-refractivity contribution in [3.63, 3.8) is 0 Å². The van der Waals surface area contributed by atoms with Gasteiger partial charge in [-0.3, -0.25) is 0 Å². The van der Waals surface area contributed by atoms with Crippen molar-refractivity contribution in [1.82, 2.24) is 10.2 Å². The Kier molecular flexibility index (Phi) is 4.04. The molecule has 1 N–H and O–H groups in total. The zero-order chi connectivity index (χ0) is 13.1. The molecule has 0 radical (unpaired) electrons. The van der Waals surface area contributed by atoms with Gasteiger partial charge in [0.15, 0.2) is 0 Å². The van der Waals surface area contributed by atoms with Crippen LogP contribution in [0.25, 0.3) is 0 Å². The van der Waals surface area contributed by atoms with Crippen molar-refractivity contribution in [3.8, 4) is 5.75 Å². The smallest absolute Gasteiger partial charge is 0.124 e. The topological polar surface area (TPSA) is 24.5 Å². The molecule has 1 atom stereocenters. The summed E-state index contributed by atoms with van der Waals surface area (Å²) < 4.78 is 6.11. The SMILES string of the molecule is CCN1CCC(COc2cccc3c2CNCC3)C1. The number of nitrogens with one attached hydrogen (secondary N) is 1. The Hall–Kier alpha value is -1.06. The highest BCUT2D eigenvalue weighted by Crippen LogP contribution is 2.26. The first-order valence-corrected chi connectivity index (χ1v) is 7.53. The first-order chi connectivity index (χ1) is 9.36. The summed E-state index contributed by atoms with van der Waals surface area (Å²) in [4.78, 5) is 2.51. The van der Waals surface area contributed by atoms with Crippen LogP contribution in [0.1, 0.15) is 24.5 Å². The second kappa shape index (κ2) is 5.93. The predicted molar refractivity (Wildman–Crippen MR) is 77.6 cm³/mol.